The molecular weight excluding hydrogens is 360 g/mol. The number of nitrogens with zero attached hydrogens (tertiary/aromatic N) is 1. The highest BCUT2D eigenvalue weighted by atomic mass is 16.7. The highest BCUT2D eigenvalue weighted by molar-refractivity contribution is 5.88. The molecule has 0 aromatic heterocycles. The first-order valence-electron chi connectivity index (χ1n) is 10.0. The first kappa shape index (κ1) is 20.6. The zero-order valence-corrected chi connectivity index (χ0v) is 16.6. The van der Waals surface area contributed by atoms with E-state index in [4.69, 9.17) is 14.2 Å². The Hall–Kier alpha value is -2.12. The van der Waals surface area contributed by atoms with Crippen LogP contribution >= 0.6 is 0 Å². The maximum Gasteiger partial charge on any atom is 0.258 e. The number of hydrogen-bond donors (Lipinski definition) is 1. The van der Waals surface area contributed by atoms with Gasteiger partial charge in [0.05, 0.1) is 13.2 Å². The summed E-state index contributed by atoms with van der Waals surface area (Å²) < 4.78 is 16.7. The summed E-state index contributed by atoms with van der Waals surface area (Å²) in [5.74, 6) is 0.441. The van der Waals surface area contributed by atoms with Crippen molar-refractivity contribution >= 4 is 11.8 Å². The monoisotopic (exact) mass is 390 g/mol. The largest absolute Gasteiger partial charge is 0.484 e. The van der Waals surface area contributed by atoms with E-state index >= 15 is 0 Å². The number of nitrogens with one attached hydrogen (secondary N) is 1. The lowest BCUT2D eigenvalue weighted by atomic mass is 9.95. The van der Waals surface area contributed by atoms with E-state index in [-0.39, 0.29) is 36.5 Å². The van der Waals surface area contributed by atoms with E-state index in [1.54, 1.807) is 12.1 Å². The van der Waals surface area contributed by atoms with Gasteiger partial charge in [0.15, 0.2) is 12.9 Å². The maximum absolute atomic E-state index is 13.1. The fourth-order valence-corrected chi connectivity index (χ4v) is 3.67. The quantitative estimate of drug-likeness (QED) is 0.769. The standard InChI is InChI=1S/C21H30N2O5/c1-15(2)19(22-18(24)14-28-17-8-4-3-5-9-17)20(25)23-10-6-7-16(13-23)21-26-11-12-27-21/h3-5,8-9,15-16,19,21H,6-7,10-14H2,1-2H3,(H,22,24). The summed E-state index contributed by atoms with van der Waals surface area (Å²) in [5.41, 5.74) is 0. The number of para-hydroxylation sites is 1. The molecule has 0 aliphatic carbocycles. The Morgan fingerprint density at radius 2 is 1.93 bits per heavy atom. The van der Waals surface area contributed by atoms with Gasteiger partial charge >= 0.3 is 0 Å². The molecule has 2 saturated heterocycles. The van der Waals surface area contributed by atoms with E-state index in [2.05, 4.69) is 5.32 Å². The predicted molar refractivity (Wildman–Crippen MR) is 104 cm³/mol. The SMILES string of the molecule is CC(C)C(NC(=O)COc1ccccc1)C(=O)N1CCCC(C2OCCO2)C1. The molecule has 2 amide bonds. The van der Waals surface area contributed by atoms with Gasteiger partial charge in [-0.2, -0.15) is 0 Å². The molecule has 1 aromatic carbocycles. The van der Waals surface area contributed by atoms with E-state index in [9.17, 15) is 9.59 Å². The first-order valence-corrected chi connectivity index (χ1v) is 10.0. The van der Waals surface area contributed by atoms with Crippen molar-refractivity contribution in [2.75, 3.05) is 32.9 Å². The maximum atomic E-state index is 13.1. The summed E-state index contributed by atoms with van der Waals surface area (Å²) in [7, 11) is 0. The number of rotatable bonds is 7. The minimum absolute atomic E-state index is 0.0208. The van der Waals surface area contributed by atoms with Crippen molar-refractivity contribution in [3.8, 4) is 5.75 Å². The number of ether oxygens (including phenoxy) is 3. The molecule has 2 aliphatic rings. The topological polar surface area (TPSA) is 77.1 Å². The Bertz CT molecular complexity index is 645. The van der Waals surface area contributed by atoms with Crippen LogP contribution in [-0.4, -0.2) is 62.0 Å². The molecule has 2 aliphatic heterocycles. The Labute approximate surface area is 166 Å². The number of likely N-dealkylation sites (tertiary alicyclic amines) is 1. The van der Waals surface area contributed by atoms with Crippen molar-refractivity contribution in [2.45, 2.75) is 39.0 Å². The van der Waals surface area contributed by atoms with Crippen molar-refractivity contribution in [3.05, 3.63) is 30.3 Å². The fraction of sp³-hybridized carbons (Fsp3) is 0.619. The van der Waals surface area contributed by atoms with Gasteiger partial charge < -0.3 is 24.4 Å². The third-order valence-corrected chi connectivity index (χ3v) is 5.16. The zero-order chi connectivity index (χ0) is 19.9. The Kier molecular flexibility index (Phi) is 7.28. The Morgan fingerprint density at radius 3 is 2.61 bits per heavy atom. The number of carbonyl (C=O) groups is 2. The molecule has 2 fully saturated rings. The lowest BCUT2D eigenvalue weighted by Crippen LogP contribution is -2.55. The van der Waals surface area contributed by atoms with Crippen molar-refractivity contribution in [3.63, 3.8) is 0 Å². The Balaban J connectivity index is 1.54. The van der Waals surface area contributed by atoms with Crippen LogP contribution in [0.3, 0.4) is 0 Å². The molecule has 2 heterocycles. The van der Waals surface area contributed by atoms with Gasteiger partial charge in [-0.1, -0.05) is 32.0 Å². The van der Waals surface area contributed by atoms with Crippen molar-refractivity contribution in [1.29, 1.82) is 0 Å². The molecule has 3 rings (SSSR count). The third-order valence-electron chi connectivity index (χ3n) is 5.16. The van der Waals surface area contributed by atoms with Gasteiger partial charge in [-0.05, 0) is 30.9 Å². The highest BCUT2D eigenvalue weighted by Crippen LogP contribution is 2.25. The molecule has 0 bridgehead atoms. The average Bonchev–Trinajstić information content (AvgIpc) is 3.25. The van der Waals surface area contributed by atoms with Crippen molar-refractivity contribution in [1.82, 2.24) is 10.2 Å². The van der Waals surface area contributed by atoms with Gasteiger partial charge in [-0.15, -0.1) is 0 Å². The number of benzene rings is 1. The lowest BCUT2D eigenvalue weighted by molar-refractivity contribution is -0.144. The van der Waals surface area contributed by atoms with Gasteiger partial charge in [0.2, 0.25) is 5.91 Å². The summed E-state index contributed by atoms with van der Waals surface area (Å²) in [6.45, 7) is 6.27. The molecule has 2 unspecified atom stereocenters. The van der Waals surface area contributed by atoms with Gasteiger partial charge in [0, 0.05) is 19.0 Å². The molecule has 2 atom stereocenters. The number of amides is 2. The smallest absolute Gasteiger partial charge is 0.258 e. The fourth-order valence-electron chi connectivity index (χ4n) is 3.67. The van der Waals surface area contributed by atoms with E-state index in [1.165, 1.54) is 0 Å². The molecular formula is C21H30N2O5. The summed E-state index contributed by atoms with van der Waals surface area (Å²) in [6.07, 6.45) is 1.68. The van der Waals surface area contributed by atoms with Crippen molar-refractivity contribution in [2.24, 2.45) is 11.8 Å². The van der Waals surface area contributed by atoms with Gasteiger partial charge in [0.1, 0.15) is 11.8 Å². The van der Waals surface area contributed by atoms with Gasteiger partial charge in [0.25, 0.3) is 5.91 Å². The second-order valence-corrected chi connectivity index (χ2v) is 7.69. The van der Waals surface area contributed by atoms with Crippen LogP contribution in [0.1, 0.15) is 26.7 Å². The van der Waals surface area contributed by atoms with Crippen LogP contribution in [-0.2, 0) is 19.1 Å². The summed E-state index contributed by atoms with van der Waals surface area (Å²) in [5, 5.41) is 2.85. The average molecular weight is 390 g/mol. The van der Waals surface area contributed by atoms with E-state index < -0.39 is 6.04 Å². The van der Waals surface area contributed by atoms with Crippen LogP contribution in [0, 0.1) is 11.8 Å². The highest BCUT2D eigenvalue weighted by Gasteiger charge is 2.36. The normalized spacial score (nSPS) is 21.5. The summed E-state index contributed by atoms with van der Waals surface area (Å²) >= 11 is 0. The molecule has 0 radical (unpaired) electrons. The van der Waals surface area contributed by atoms with Gasteiger partial charge in [-0.3, -0.25) is 9.59 Å². The molecule has 1 aromatic rings. The molecule has 7 heteroatoms. The summed E-state index contributed by atoms with van der Waals surface area (Å²) in [6, 6.07) is 8.58. The second kappa shape index (κ2) is 9.89. The van der Waals surface area contributed by atoms with Crippen LogP contribution in [0.25, 0.3) is 0 Å². The van der Waals surface area contributed by atoms with Crippen LogP contribution in [0.5, 0.6) is 5.75 Å². The van der Waals surface area contributed by atoms with E-state index in [0.29, 0.717) is 32.1 Å². The van der Waals surface area contributed by atoms with Crippen LogP contribution in [0.15, 0.2) is 30.3 Å². The van der Waals surface area contributed by atoms with Crippen LogP contribution < -0.4 is 10.1 Å². The summed E-state index contributed by atoms with van der Waals surface area (Å²) in [4.78, 5) is 27.3. The number of hydrogen-bond acceptors (Lipinski definition) is 5. The minimum Gasteiger partial charge on any atom is -0.484 e. The number of carbonyl (C=O) groups excluding carboxylic acids is 2. The molecule has 0 saturated carbocycles. The lowest BCUT2D eigenvalue weighted by Gasteiger charge is -2.37. The molecule has 7 nitrogen and oxygen atoms in total. The molecule has 154 valence electrons. The molecule has 0 spiro atoms. The van der Waals surface area contributed by atoms with E-state index in [0.717, 1.165) is 12.8 Å². The van der Waals surface area contributed by atoms with Crippen LogP contribution in [0.2, 0.25) is 0 Å². The third kappa shape index (κ3) is 5.45. The van der Waals surface area contributed by atoms with Crippen LogP contribution in [0.4, 0.5) is 0 Å². The number of piperidine rings is 1. The van der Waals surface area contributed by atoms with Gasteiger partial charge in [-0.25, -0.2) is 0 Å². The van der Waals surface area contributed by atoms with E-state index in [1.807, 2.05) is 36.9 Å². The first-order chi connectivity index (χ1) is 13.5. The zero-order valence-electron chi connectivity index (χ0n) is 16.6. The second-order valence-electron chi connectivity index (χ2n) is 7.69. The van der Waals surface area contributed by atoms with Crippen molar-refractivity contribution < 1.29 is 23.8 Å². The molecule has 28 heavy (non-hydrogen) atoms. The Morgan fingerprint density at radius 1 is 1.21 bits per heavy atom. The predicted octanol–water partition coefficient (Wildman–Crippen LogP) is 1.82. The minimum atomic E-state index is -0.573. The molecule has 1 N–H and O–H groups in total.